The largest absolute Gasteiger partial charge is 0.481 e. The van der Waals surface area contributed by atoms with Crippen LogP contribution < -0.4 is 10.6 Å². The second-order valence-corrected chi connectivity index (χ2v) is 8.77. The van der Waals surface area contributed by atoms with Crippen LogP contribution >= 0.6 is 0 Å². The fourth-order valence-corrected chi connectivity index (χ4v) is 3.50. The Hall–Kier alpha value is -4.60. The number of aliphatic carboxylic acids is 1. The van der Waals surface area contributed by atoms with E-state index in [0.717, 1.165) is 36.9 Å². The lowest BCUT2D eigenvalue weighted by molar-refractivity contribution is -0.138. The second kappa shape index (κ2) is 9.95. The minimum atomic E-state index is -0.630. The molecular weight excluding hydrogens is 460 g/mol. The van der Waals surface area contributed by atoms with Crippen LogP contribution in [0.15, 0.2) is 67.0 Å². The summed E-state index contributed by atoms with van der Waals surface area (Å²) in [6.45, 7) is 0. The predicted octanol–water partition coefficient (Wildman–Crippen LogP) is 3.87. The lowest BCUT2D eigenvalue weighted by Gasteiger charge is -2.07. The Labute approximate surface area is 206 Å². The molecule has 36 heavy (non-hydrogen) atoms. The molecule has 2 aliphatic rings. The molecule has 0 aliphatic heterocycles. The number of pyridine rings is 2. The maximum Gasteiger partial charge on any atom is 0.306 e. The van der Waals surface area contributed by atoms with Gasteiger partial charge in [0.2, 0.25) is 11.9 Å². The number of fused-ring (bicyclic) bond motifs is 1. The molecule has 4 aromatic rings. The summed E-state index contributed by atoms with van der Waals surface area (Å²) in [5.41, 5.74) is 3.50. The van der Waals surface area contributed by atoms with Gasteiger partial charge >= 0.3 is 5.97 Å². The van der Waals surface area contributed by atoms with E-state index >= 15 is 0 Å². The van der Waals surface area contributed by atoms with Crippen LogP contribution in [0, 0.1) is 11.8 Å². The average Bonchev–Trinajstić information content (AvgIpc) is 3.81. The van der Waals surface area contributed by atoms with E-state index < -0.39 is 5.97 Å². The van der Waals surface area contributed by atoms with Crippen molar-refractivity contribution in [2.24, 2.45) is 11.8 Å². The Morgan fingerprint density at radius 2 is 1.64 bits per heavy atom. The van der Waals surface area contributed by atoms with Crippen LogP contribution in [0.5, 0.6) is 0 Å². The first-order valence-corrected chi connectivity index (χ1v) is 11.7. The van der Waals surface area contributed by atoms with Crippen LogP contribution in [-0.4, -0.2) is 42.5 Å². The molecule has 1 aromatic carbocycles. The summed E-state index contributed by atoms with van der Waals surface area (Å²) in [7, 11) is 0. The SMILES string of the molecule is O=C(Nc1cccnc1)c1ccc(-c2cccc3nc(NC(=O)C4CC4)nn23)cc1.O=C(O)C1CC1. The lowest BCUT2D eigenvalue weighted by Crippen LogP contribution is -2.14. The van der Waals surface area contributed by atoms with Crippen LogP contribution in [-0.2, 0) is 9.59 Å². The van der Waals surface area contributed by atoms with E-state index in [9.17, 15) is 14.4 Å². The molecule has 10 heteroatoms. The Kier molecular flexibility index (Phi) is 6.40. The highest BCUT2D eigenvalue weighted by Crippen LogP contribution is 2.30. The monoisotopic (exact) mass is 484 g/mol. The van der Waals surface area contributed by atoms with Gasteiger partial charge in [0.25, 0.3) is 5.91 Å². The summed E-state index contributed by atoms with van der Waals surface area (Å²) < 4.78 is 1.69. The molecule has 2 saturated carbocycles. The van der Waals surface area contributed by atoms with Gasteiger partial charge in [-0.3, -0.25) is 24.7 Å². The molecule has 0 atom stereocenters. The molecule has 3 heterocycles. The molecule has 3 aromatic heterocycles. The Morgan fingerprint density at radius 1 is 0.889 bits per heavy atom. The van der Waals surface area contributed by atoms with E-state index in [4.69, 9.17) is 5.11 Å². The van der Waals surface area contributed by atoms with Crippen molar-refractivity contribution in [3.8, 4) is 11.3 Å². The van der Waals surface area contributed by atoms with Crippen molar-refractivity contribution in [2.75, 3.05) is 10.6 Å². The first-order chi connectivity index (χ1) is 17.5. The second-order valence-electron chi connectivity index (χ2n) is 8.77. The van der Waals surface area contributed by atoms with Crippen molar-refractivity contribution in [3.05, 3.63) is 72.6 Å². The van der Waals surface area contributed by atoms with E-state index in [1.165, 1.54) is 0 Å². The van der Waals surface area contributed by atoms with E-state index in [1.54, 1.807) is 41.2 Å². The van der Waals surface area contributed by atoms with Gasteiger partial charge in [0.1, 0.15) is 0 Å². The number of hydrogen-bond donors (Lipinski definition) is 3. The van der Waals surface area contributed by atoms with Gasteiger partial charge in [0.05, 0.1) is 23.5 Å². The highest BCUT2D eigenvalue weighted by atomic mass is 16.4. The number of carbonyl (C=O) groups is 3. The normalized spacial score (nSPS) is 14.4. The fourth-order valence-electron chi connectivity index (χ4n) is 3.50. The van der Waals surface area contributed by atoms with Crippen LogP contribution in [0.1, 0.15) is 36.0 Å². The van der Waals surface area contributed by atoms with Gasteiger partial charge in [-0.1, -0.05) is 18.2 Å². The van der Waals surface area contributed by atoms with Crippen LogP contribution in [0.4, 0.5) is 11.6 Å². The van der Waals surface area contributed by atoms with Gasteiger partial charge in [-0.2, -0.15) is 4.98 Å². The molecule has 3 N–H and O–H groups in total. The molecule has 0 bridgehead atoms. The van der Waals surface area contributed by atoms with Crippen molar-refractivity contribution in [3.63, 3.8) is 0 Å². The highest BCUT2D eigenvalue weighted by molar-refractivity contribution is 6.04. The zero-order chi connectivity index (χ0) is 25.1. The van der Waals surface area contributed by atoms with Crippen LogP contribution in [0.3, 0.4) is 0 Å². The van der Waals surface area contributed by atoms with Crippen molar-refractivity contribution in [1.29, 1.82) is 0 Å². The summed E-state index contributed by atoms with van der Waals surface area (Å²) in [5.74, 6) is -0.469. The fraction of sp³-hybridized carbons (Fsp3) is 0.231. The maximum absolute atomic E-state index is 12.4. The Morgan fingerprint density at radius 3 is 2.25 bits per heavy atom. The third-order valence-corrected chi connectivity index (χ3v) is 5.83. The first kappa shape index (κ1) is 23.2. The van der Waals surface area contributed by atoms with Gasteiger partial charge in [-0.15, -0.1) is 5.10 Å². The molecule has 0 radical (unpaired) electrons. The number of rotatable bonds is 6. The quantitative estimate of drug-likeness (QED) is 0.377. The standard InChI is InChI=1S/C22H18N6O2.C4H6O2/c29-20(24-17-3-2-12-23-13-17)15-8-6-14(7-9-15)18-4-1-5-19-25-22(27-28(18)19)26-21(30)16-10-11-16;5-4(6)3-1-2-3/h1-9,12-13,16H,10-11H2,(H,24,29)(H,26,27,30);3H,1-2H2,(H,5,6). The molecule has 2 aliphatic carbocycles. The number of hydrogen-bond acceptors (Lipinski definition) is 6. The number of anilines is 2. The zero-order valence-electron chi connectivity index (χ0n) is 19.3. The predicted molar refractivity (Wildman–Crippen MR) is 132 cm³/mol. The van der Waals surface area contributed by atoms with Crippen molar-refractivity contribution in [2.45, 2.75) is 25.7 Å². The number of nitrogens with zero attached hydrogens (tertiary/aromatic N) is 4. The van der Waals surface area contributed by atoms with Crippen LogP contribution in [0.25, 0.3) is 16.9 Å². The molecule has 0 spiro atoms. The van der Waals surface area contributed by atoms with Crippen molar-refractivity contribution in [1.82, 2.24) is 19.6 Å². The summed E-state index contributed by atoms with van der Waals surface area (Å²) >= 11 is 0. The van der Waals surface area contributed by atoms with Crippen molar-refractivity contribution < 1.29 is 19.5 Å². The number of carboxylic acid groups (broad SMARTS) is 1. The first-order valence-electron chi connectivity index (χ1n) is 11.7. The van der Waals surface area contributed by atoms with Gasteiger partial charge < -0.3 is 10.4 Å². The molecule has 10 nitrogen and oxygen atoms in total. The van der Waals surface area contributed by atoms with Gasteiger partial charge in [-0.05, 0) is 62.1 Å². The van der Waals surface area contributed by atoms with Gasteiger partial charge in [0.15, 0.2) is 5.65 Å². The summed E-state index contributed by atoms with van der Waals surface area (Å²) in [6.07, 6.45) is 6.89. The average molecular weight is 485 g/mol. The number of aromatic nitrogens is 4. The molecular formula is C26H24N6O4. The topological polar surface area (TPSA) is 139 Å². The maximum atomic E-state index is 12.4. The number of benzene rings is 1. The zero-order valence-corrected chi connectivity index (χ0v) is 19.3. The lowest BCUT2D eigenvalue weighted by atomic mass is 10.1. The minimum absolute atomic E-state index is 0.0185. The van der Waals surface area contributed by atoms with E-state index in [2.05, 4.69) is 25.7 Å². The number of carboxylic acids is 1. The van der Waals surface area contributed by atoms with E-state index in [0.29, 0.717) is 22.8 Å². The van der Waals surface area contributed by atoms with Gasteiger partial charge in [0, 0.05) is 23.2 Å². The summed E-state index contributed by atoms with van der Waals surface area (Å²) in [6, 6.07) is 16.4. The molecule has 0 saturated heterocycles. The van der Waals surface area contributed by atoms with E-state index in [-0.39, 0.29) is 23.7 Å². The molecule has 6 rings (SSSR count). The van der Waals surface area contributed by atoms with Gasteiger partial charge in [-0.25, -0.2) is 4.52 Å². The third-order valence-electron chi connectivity index (χ3n) is 5.83. The molecule has 0 unspecified atom stereocenters. The highest BCUT2D eigenvalue weighted by Gasteiger charge is 2.30. The number of nitrogens with one attached hydrogen (secondary N) is 2. The summed E-state index contributed by atoms with van der Waals surface area (Å²) in [4.78, 5) is 42.6. The Balaban J connectivity index is 0.000000391. The minimum Gasteiger partial charge on any atom is -0.481 e. The number of amides is 2. The Bertz CT molecular complexity index is 1410. The third kappa shape index (κ3) is 5.54. The molecule has 2 fully saturated rings. The molecule has 182 valence electrons. The van der Waals surface area contributed by atoms with Crippen molar-refractivity contribution >= 4 is 35.1 Å². The smallest absolute Gasteiger partial charge is 0.306 e. The number of carbonyl (C=O) groups excluding carboxylic acids is 2. The van der Waals surface area contributed by atoms with Crippen LogP contribution in [0.2, 0.25) is 0 Å². The summed E-state index contributed by atoms with van der Waals surface area (Å²) in [5, 5.41) is 18.1. The molecule has 2 amide bonds. The van der Waals surface area contributed by atoms with E-state index in [1.807, 2.05) is 30.3 Å².